The van der Waals surface area contributed by atoms with Crippen LogP contribution in [0, 0.1) is 19.1 Å². The van der Waals surface area contributed by atoms with Crippen LogP contribution in [0.4, 0.5) is 0 Å². The number of thiophene rings is 1. The van der Waals surface area contributed by atoms with E-state index in [0.717, 1.165) is 50.0 Å². The van der Waals surface area contributed by atoms with E-state index in [1.807, 2.05) is 79.9 Å². The summed E-state index contributed by atoms with van der Waals surface area (Å²) >= 11 is 1.71. The molecule has 0 fully saturated rings. The summed E-state index contributed by atoms with van der Waals surface area (Å²) < 4.78 is 7.28. The van der Waals surface area contributed by atoms with Crippen LogP contribution in [-0.4, -0.2) is 15.0 Å². The van der Waals surface area contributed by atoms with Crippen LogP contribution in [0.2, 0.25) is 0 Å². The van der Waals surface area contributed by atoms with E-state index in [1.165, 1.54) is 4.70 Å². The minimum Gasteiger partial charge on any atom is -0.486 e. The van der Waals surface area contributed by atoms with Crippen LogP contribution in [0.1, 0.15) is 5.69 Å². The maximum absolute atomic E-state index is 6.07. The molecule has 0 saturated heterocycles. The summed E-state index contributed by atoms with van der Waals surface area (Å²) in [7, 11) is 0. The van der Waals surface area contributed by atoms with Gasteiger partial charge in [0.2, 0.25) is 5.71 Å². The molecular weight excluding hydrogens is 643 g/mol. The van der Waals surface area contributed by atoms with Gasteiger partial charge in [-0.1, -0.05) is 29.1 Å². The van der Waals surface area contributed by atoms with Crippen molar-refractivity contribution in [3.05, 3.63) is 114 Å². The van der Waals surface area contributed by atoms with Gasteiger partial charge in [-0.2, -0.15) is 0 Å². The Kier molecular flexibility index (Phi) is 7.01. The maximum atomic E-state index is 6.07. The number of fused-ring (bicyclic) bond motifs is 4. The fraction of sp³-hybridized carbons (Fsp3) is 0.0333. The first kappa shape index (κ1) is 24.0. The molecular formula is C30H19IrN3OS-2. The number of aromatic nitrogens is 3. The van der Waals surface area contributed by atoms with Crippen molar-refractivity contribution < 1.29 is 24.5 Å². The van der Waals surface area contributed by atoms with Crippen molar-refractivity contribution in [1.29, 1.82) is 0 Å². The Morgan fingerprint density at radius 1 is 0.778 bits per heavy atom. The van der Waals surface area contributed by atoms with E-state index in [2.05, 4.69) is 44.6 Å². The van der Waals surface area contributed by atoms with Crippen LogP contribution in [0.25, 0.3) is 54.7 Å². The molecule has 0 aliphatic heterocycles. The van der Waals surface area contributed by atoms with Crippen molar-refractivity contribution >= 4 is 43.5 Å². The molecule has 0 aliphatic rings. The number of hydrogen-bond donors (Lipinski definition) is 0. The number of hydrogen-bond acceptors (Lipinski definition) is 5. The zero-order chi connectivity index (χ0) is 23.6. The Labute approximate surface area is 226 Å². The minimum atomic E-state index is 0. The zero-order valence-corrected chi connectivity index (χ0v) is 22.4. The van der Waals surface area contributed by atoms with Crippen molar-refractivity contribution in [1.82, 2.24) is 15.0 Å². The molecule has 0 saturated carbocycles. The molecule has 5 aromatic heterocycles. The predicted molar refractivity (Wildman–Crippen MR) is 142 cm³/mol. The van der Waals surface area contributed by atoms with E-state index in [0.29, 0.717) is 5.71 Å². The molecule has 0 amide bonds. The van der Waals surface area contributed by atoms with E-state index in [1.54, 1.807) is 17.5 Å². The van der Waals surface area contributed by atoms with Crippen LogP contribution in [-0.2, 0) is 20.1 Å². The Bertz CT molecular complexity index is 1720. The summed E-state index contributed by atoms with van der Waals surface area (Å²) in [6.45, 7) is 1.97. The molecule has 36 heavy (non-hydrogen) atoms. The monoisotopic (exact) mass is 662 g/mol. The SMILES string of the molecule is Cc1ccc2c(n1)oc1c(-c3nccc4sccc34)[c-]ccc12.[Ir].[c-]1ccccc1-c1ccccn1. The Morgan fingerprint density at radius 2 is 1.69 bits per heavy atom. The third-order valence-corrected chi connectivity index (χ3v) is 6.59. The molecule has 2 aromatic carbocycles. The second-order valence-electron chi connectivity index (χ2n) is 7.99. The maximum Gasteiger partial charge on any atom is 0.216 e. The first-order chi connectivity index (χ1) is 17.3. The zero-order valence-electron chi connectivity index (χ0n) is 19.2. The molecule has 7 rings (SSSR count). The third-order valence-electron chi connectivity index (χ3n) is 5.70. The Balaban J connectivity index is 0.000000175. The first-order valence-electron chi connectivity index (χ1n) is 11.2. The van der Waals surface area contributed by atoms with Gasteiger partial charge in [0.1, 0.15) is 0 Å². The van der Waals surface area contributed by atoms with Crippen LogP contribution >= 0.6 is 11.3 Å². The summed E-state index contributed by atoms with van der Waals surface area (Å²) in [6, 6.07) is 32.3. The number of furan rings is 1. The van der Waals surface area contributed by atoms with Crippen LogP contribution in [0.15, 0.2) is 101 Å². The van der Waals surface area contributed by atoms with Gasteiger partial charge in [-0.25, -0.2) is 4.98 Å². The summed E-state index contributed by atoms with van der Waals surface area (Å²) in [5.74, 6) is 0. The second-order valence-corrected chi connectivity index (χ2v) is 8.93. The molecule has 177 valence electrons. The van der Waals surface area contributed by atoms with E-state index in [4.69, 9.17) is 4.42 Å². The van der Waals surface area contributed by atoms with Crippen LogP contribution in [0.5, 0.6) is 0 Å². The van der Waals surface area contributed by atoms with Crippen molar-refractivity contribution in [2.45, 2.75) is 6.92 Å². The molecule has 0 atom stereocenters. The Morgan fingerprint density at radius 3 is 2.53 bits per heavy atom. The van der Waals surface area contributed by atoms with Crippen LogP contribution < -0.4 is 0 Å². The number of rotatable bonds is 2. The van der Waals surface area contributed by atoms with Gasteiger partial charge in [0.25, 0.3) is 0 Å². The van der Waals surface area contributed by atoms with E-state index in [9.17, 15) is 0 Å². The first-order valence-corrected chi connectivity index (χ1v) is 12.1. The Hall–Kier alpha value is -3.70. The van der Waals surface area contributed by atoms with Gasteiger partial charge in [-0.15, -0.1) is 65.4 Å². The van der Waals surface area contributed by atoms with Gasteiger partial charge in [-0.05, 0) is 47.6 Å². The molecule has 0 spiro atoms. The average molecular weight is 662 g/mol. The molecule has 0 N–H and O–H groups in total. The fourth-order valence-corrected chi connectivity index (χ4v) is 4.84. The predicted octanol–water partition coefficient (Wildman–Crippen LogP) is 7.91. The molecule has 0 bridgehead atoms. The van der Waals surface area contributed by atoms with Crippen molar-refractivity contribution in [2.75, 3.05) is 0 Å². The van der Waals surface area contributed by atoms with Gasteiger partial charge in [0.15, 0.2) is 0 Å². The second kappa shape index (κ2) is 10.5. The fourth-order valence-electron chi connectivity index (χ4n) is 4.06. The van der Waals surface area contributed by atoms with E-state index >= 15 is 0 Å². The van der Waals surface area contributed by atoms with E-state index < -0.39 is 0 Å². The average Bonchev–Trinajstić information content (AvgIpc) is 3.54. The number of pyridine rings is 3. The molecule has 0 aliphatic carbocycles. The van der Waals surface area contributed by atoms with Gasteiger partial charge >= 0.3 is 0 Å². The molecule has 0 unspecified atom stereocenters. The summed E-state index contributed by atoms with van der Waals surface area (Å²) in [6.07, 6.45) is 3.63. The van der Waals surface area contributed by atoms with E-state index in [-0.39, 0.29) is 20.1 Å². The van der Waals surface area contributed by atoms with Crippen LogP contribution in [0.3, 0.4) is 0 Å². The largest absolute Gasteiger partial charge is 0.486 e. The summed E-state index contributed by atoms with van der Waals surface area (Å²) in [5, 5.41) is 5.29. The van der Waals surface area contributed by atoms with Crippen molar-refractivity contribution in [2.24, 2.45) is 0 Å². The standard InChI is InChI=1S/C19H11N2OS.C11H8N.Ir/c1-11-5-6-13-12-3-2-4-15(18(12)22-19(13)21-11)17-14-8-10-23-16(14)7-9-20-17;1-2-6-10(7-3-1)11-8-4-5-9-12-11;/h2-3,5-10H,1H3;1-6,8-9H;/q2*-1;. The van der Waals surface area contributed by atoms with Gasteiger partial charge in [0.05, 0.1) is 5.58 Å². The quantitative estimate of drug-likeness (QED) is 0.177. The number of nitrogens with zero attached hydrogens (tertiary/aromatic N) is 3. The molecule has 7 aromatic rings. The summed E-state index contributed by atoms with van der Waals surface area (Å²) in [4.78, 5) is 13.3. The smallest absolute Gasteiger partial charge is 0.216 e. The van der Waals surface area contributed by atoms with Crippen molar-refractivity contribution in [3.8, 4) is 22.5 Å². The molecule has 5 heterocycles. The number of aryl methyl sites for hydroxylation is 1. The molecule has 6 heteroatoms. The molecule has 4 nitrogen and oxygen atoms in total. The topological polar surface area (TPSA) is 51.8 Å². The van der Waals surface area contributed by atoms with Gasteiger partial charge in [-0.3, -0.25) is 0 Å². The number of benzene rings is 2. The third kappa shape index (κ3) is 4.59. The molecule has 1 radical (unpaired) electrons. The normalized spacial score (nSPS) is 10.7. The van der Waals surface area contributed by atoms with Gasteiger partial charge < -0.3 is 14.4 Å². The van der Waals surface area contributed by atoms with Gasteiger partial charge in [0, 0.05) is 54.0 Å². The van der Waals surface area contributed by atoms with Crippen molar-refractivity contribution in [3.63, 3.8) is 0 Å². The minimum absolute atomic E-state index is 0. The summed E-state index contributed by atoms with van der Waals surface area (Å²) in [5.41, 5.74) is 6.22.